The van der Waals surface area contributed by atoms with Crippen molar-refractivity contribution in [3.63, 3.8) is 0 Å². The van der Waals surface area contributed by atoms with Gasteiger partial charge in [0.2, 0.25) is 0 Å². The van der Waals surface area contributed by atoms with Crippen LogP contribution < -0.4 is 5.32 Å². The van der Waals surface area contributed by atoms with E-state index in [1.54, 1.807) is 0 Å². The molecule has 1 aliphatic heterocycles. The van der Waals surface area contributed by atoms with Gasteiger partial charge in [-0.15, -0.1) is 0 Å². The number of piperazine rings is 1. The Labute approximate surface area is 104 Å². The lowest BCUT2D eigenvalue weighted by Crippen LogP contribution is -2.58. The van der Waals surface area contributed by atoms with Gasteiger partial charge < -0.3 is 5.32 Å². The molecule has 0 radical (unpaired) electrons. The normalized spacial score (nSPS) is 26.0. The van der Waals surface area contributed by atoms with Crippen LogP contribution in [0.2, 0.25) is 0 Å². The second-order valence-corrected chi connectivity index (χ2v) is 5.19. The van der Waals surface area contributed by atoms with Crippen molar-refractivity contribution in [1.82, 2.24) is 15.2 Å². The molecule has 3 heteroatoms. The lowest BCUT2D eigenvalue weighted by molar-refractivity contribution is 0.141. The largest absolute Gasteiger partial charge is 0.309 e. The first kappa shape index (κ1) is 12.5. The zero-order valence-corrected chi connectivity index (χ0v) is 10.9. The van der Waals surface area contributed by atoms with E-state index in [-0.39, 0.29) is 0 Å². The zero-order chi connectivity index (χ0) is 12.1. The molecule has 1 atom stereocenters. The van der Waals surface area contributed by atoms with Crippen molar-refractivity contribution < 1.29 is 0 Å². The number of hydrogen-bond acceptors (Lipinski definition) is 3. The Balaban J connectivity index is 1.83. The molecule has 0 aromatic carbocycles. The predicted octanol–water partition coefficient (Wildman–Crippen LogP) is 1.70. The summed E-state index contributed by atoms with van der Waals surface area (Å²) < 4.78 is 0. The van der Waals surface area contributed by atoms with E-state index in [0.717, 1.165) is 32.6 Å². The van der Waals surface area contributed by atoms with Crippen LogP contribution >= 0.6 is 0 Å². The molecule has 1 aliphatic rings. The SMILES string of the molecule is CCC1(C)CN(CCc2ccccn2)CCN1. The minimum absolute atomic E-state index is 0.294. The molecular weight excluding hydrogens is 210 g/mol. The summed E-state index contributed by atoms with van der Waals surface area (Å²) in [4.78, 5) is 6.93. The van der Waals surface area contributed by atoms with Gasteiger partial charge in [0.05, 0.1) is 0 Å². The van der Waals surface area contributed by atoms with E-state index in [9.17, 15) is 0 Å². The minimum atomic E-state index is 0.294. The topological polar surface area (TPSA) is 28.2 Å². The molecular formula is C14H23N3. The van der Waals surface area contributed by atoms with Crippen LogP contribution in [0.5, 0.6) is 0 Å². The molecule has 0 amide bonds. The van der Waals surface area contributed by atoms with Gasteiger partial charge in [0.1, 0.15) is 0 Å². The number of hydrogen-bond donors (Lipinski definition) is 1. The first-order chi connectivity index (χ1) is 8.22. The van der Waals surface area contributed by atoms with Crippen molar-refractivity contribution in [3.8, 4) is 0 Å². The Bertz CT molecular complexity index is 339. The summed E-state index contributed by atoms with van der Waals surface area (Å²) in [7, 11) is 0. The summed E-state index contributed by atoms with van der Waals surface area (Å²) in [6.45, 7) is 9.11. The number of rotatable bonds is 4. The lowest BCUT2D eigenvalue weighted by atomic mass is 9.96. The molecule has 0 spiro atoms. The molecule has 1 N–H and O–H groups in total. The first-order valence-corrected chi connectivity index (χ1v) is 6.59. The van der Waals surface area contributed by atoms with Gasteiger partial charge in [-0.1, -0.05) is 13.0 Å². The average molecular weight is 233 g/mol. The van der Waals surface area contributed by atoms with Gasteiger partial charge in [-0.3, -0.25) is 9.88 Å². The van der Waals surface area contributed by atoms with Crippen molar-refractivity contribution in [1.29, 1.82) is 0 Å². The molecule has 17 heavy (non-hydrogen) atoms. The second kappa shape index (κ2) is 5.61. The summed E-state index contributed by atoms with van der Waals surface area (Å²) in [5.41, 5.74) is 1.49. The molecule has 94 valence electrons. The first-order valence-electron chi connectivity index (χ1n) is 6.59. The van der Waals surface area contributed by atoms with E-state index in [2.05, 4.69) is 41.2 Å². The van der Waals surface area contributed by atoms with Crippen molar-refractivity contribution in [3.05, 3.63) is 30.1 Å². The molecule has 3 nitrogen and oxygen atoms in total. The number of nitrogens with one attached hydrogen (secondary N) is 1. The molecule has 1 fully saturated rings. The highest BCUT2D eigenvalue weighted by atomic mass is 15.2. The maximum atomic E-state index is 4.38. The quantitative estimate of drug-likeness (QED) is 0.858. The Morgan fingerprint density at radius 3 is 3.06 bits per heavy atom. The van der Waals surface area contributed by atoms with Crippen LogP contribution in [0.1, 0.15) is 26.0 Å². The Morgan fingerprint density at radius 1 is 1.47 bits per heavy atom. The average Bonchev–Trinajstić information content (AvgIpc) is 2.38. The molecule has 0 bridgehead atoms. The smallest absolute Gasteiger partial charge is 0.0416 e. The van der Waals surface area contributed by atoms with E-state index in [1.807, 2.05) is 12.3 Å². The molecule has 1 aromatic heterocycles. The zero-order valence-electron chi connectivity index (χ0n) is 10.9. The highest BCUT2D eigenvalue weighted by Gasteiger charge is 2.28. The Hall–Kier alpha value is -0.930. The molecule has 2 heterocycles. The van der Waals surface area contributed by atoms with Crippen LogP contribution in [0.4, 0.5) is 0 Å². The number of nitrogens with zero attached hydrogens (tertiary/aromatic N) is 2. The third-order valence-corrected chi connectivity index (χ3v) is 3.74. The van der Waals surface area contributed by atoms with Crippen LogP contribution in [0.25, 0.3) is 0 Å². The maximum Gasteiger partial charge on any atom is 0.0416 e. The molecule has 0 aliphatic carbocycles. The van der Waals surface area contributed by atoms with Crippen LogP contribution in [0.3, 0.4) is 0 Å². The standard InChI is InChI=1S/C14H23N3/c1-3-14(2)12-17(11-9-16-14)10-7-13-6-4-5-8-15-13/h4-6,8,16H,3,7,9-12H2,1-2H3. The van der Waals surface area contributed by atoms with Gasteiger partial charge >= 0.3 is 0 Å². The van der Waals surface area contributed by atoms with Gasteiger partial charge in [0.25, 0.3) is 0 Å². The third-order valence-electron chi connectivity index (χ3n) is 3.74. The second-order valence-electron chi connectivity index (χ2n) is 5.19. The summed E-state index contributed by atoms with van der Waals surface area (Å²) in [6, 6.07) is 6.15. The summed E-state index contributed by atoms with van der Waals surface area (Å²) in [5.74, 6) is 0. The highest BCUT2D eigenvalue weighted by molar-refractivity contribution is 5.04. The van der Waals surface area contributed by atoms with Crippen molar-refractivity contribution >= 4 is 0 Å². The van der Waals surface area contributed by atoms with Gasteiger partial charge in [0, 0.05) is 50.0 Å². The summed E-state index contributed by atoms with van der Waals surface area (Å²) >= 11 is 0. The van der Waals surface area contributed by atoms with Crippen LogP contribution in [-0.2, 0) is 6.42 Å². The van der Waals surface area contributed by atoms with Gasteiger partial charge in [0.15, 0.2) is 0 Å². The number of aromatic nitrogens is 1. The molecule has 0 saturated carbocycles. The van der Waals surface area contributed by atoms with Crippen molar-refractivity contribution in [2.24, 2.45) is 0 Å². The van der Waals surface area contributed by atoms with E-state index in [0.29, 0.717) is 5.54 Å². The van der Waals surface area contributed by atoms with Gasteiger partial charge in [-0.05, 0) is 25.5 Å². The van der Waals surface area contributed by atoms with Gasteiger partial charge in [-0.2, -0.15) is 0 Å². The van der Waals surface area contributed by atoms with E-state index in [4.69, 9.17) is 0 Å². The third kappa shape index (κ3) is 3.51. The van der Waals surface area contributed by atoms with E-state index < -0.39 is 0 Å². The molecule has 2 rings (SSSR count). The summed E-state index contributed by atoms with van der Waals surface area (Å²) in [5, 5.41) is 3.62. The Morgan fingerprint density at radius 2 is 2.35 bits per heavy atom. The number of pyridine rings is 1. The molecule has 1 unspecified atom stereocenters. The van der Waals surface area contributed by atoms with E-state index >= 15 is 0 Å². The fourth-order valence-electron chi connectivity index (χ4n) is 2.39. The van der Waals surface area contributed by atoms with Crippen LogP contribution in [-0.4, -0.2) is 41.6 Å². The highest BCUT2D eigenvalue weighted by Crippen LogP contribution is 2.15. The molecule has 1 saturated heterocycles. The Kier molecular flexibility index (Phi) is 4.13. The fraction of sp³-hybridized carbons (Fsp3) is 0.643. The fourth-order valence-corrected chi connectivity index (χ4v) is 2.39. The molecule has 1 aromatic rings. The van der Waals surface area contributed by atoms with Crippen LogP contribution in [0.15, 0.2) is 24.4 Å². The van der Waals surface area contributed by atoms with Crippen LogP contribution in [0, 0.1) is 0 Å². The van der Waals surface area contributed by atoms with Crippen molar-refractivity contribution in [2.45, 2.75) is 32.2 Å². The summed E-state index contributed by atoms with van der Waals surface area (Å²) in [6.07, 6.45) is 4.12. The van der Waals surface area contributed by atoms with Crippen molar-refractivity contribution in [2.75, 3.05) is 26.2 Å². The predicted molar refractivity (Wildman–Crippen MR) is 71.1 cm³/mol. The minimum Gasteiger partial charge on any atom is -0.309 e. The maximum absolute atomic E-state index is 4.38. The van der Waals surface area contributed by atoms with Gasteiger partial charge in [-0.25, -0.2) is 0 Å². The lowest BCUT2D eigenvalue weighted by Gasteiger charge is -2.41. The van der Waals surface area contributed by atoms with E-state index in [1.165, 1.54) is 12.1 Å². The monoisotopic (exact) mass is 233 g/mol.